The van der Waals surface area contributed by atoms with E-state index in [1.54, 1.807) is 30.3 Å². The van der Waals surface area contributed by atoms with Crippen LogP contribution in [-0.2, 0) is 11.2 Å². The van der Waals surface area contributed by atoms with Gasteiger partial charge < -0.3 is 15.6 Å². The van der Waals surface area contributed by atoms with Gasteiger partial charge in [-0.1, -0.05) is 12.1 Å². The van der Waals surface area contributed by atoms with Crippen molar-refractivity contribution in [1.82, 2.24) is 14.9 Å². The Balaban J connectivity index is 2.08. The van der Waals surface area contributed by atoms with E-state index in [0.29, 0.717) is 18.5 Å². The summed E-state index contributed by atoms with van der Waals surface area (Å²) in [7, 11) is 0. The molecule has 1 aromatic heterocycles. The van der Waals surface area contributed by atoms with E-state index in [1.165, 1.54) is 12.1 Å². The van der Waals surface area contributed by atoms with Crippen molar-refractivity contribution in [2.45, 2.75) is 25.4 Å². The fourth-order valence-corrected chi connectivity index (χ4v) is 2.79. The van der Waals surface area contributed by atoms with Crippen molar-refractivity contribution in [1.29, 1.82) is 0 Å². The van der Waals surface area contributed by atoms with Gasteiger partial charge in [0, 0.05) is 18.7 Å². The van der Waals surface area contributed by atoms with E-state index < -0.39 is 12.1 Å². The summed E-state index contributed by atoms with van der Waals surface area (Å²) in [5.74, 6) is -0.485. The van der Waals surface area contributed by atoms with Gasteiger partial charge in [0.25, 0.3) is 0 Å². The van der Waals surface area contributed by atoms with E-state index in [9.17, 15) is 9.18 Å². The van der Waals surface area contributed by atoms with Crippen LogP contribution in [0, 0.1) is 5.82 Å². The number of carbonyl (C=O) groups is 1. The van der Waals surface area contributed by atoms with E-state index >= 15 is 0 Å². The molecular formula is C15H17FN4O. The summed E-state index contributed by atoms with van der Waals surface area (Å²) in [6, 6.07) is 5.28. The average molecular weight is 288 g/mol. The lowest BCUT2D eigenvalue weighted by atomic mass is 9.95. The molecule has 2 heterocycles. The number of aromatic amines is 1. The molecule has 21 heavy (non-hydrogen) atoms. The number of fused-ring (bicyclic) bond motifs is 1. The molecule has 3 N–H and O–H groups in total. The van der Waals surface area contributed by atoms with Gasteiger partial charge in [0.05, 0.1) is 18.1 Å². The molecule has 1 aromatic carbocycles. The highest BCUT2D eigenvalue weighted by atomic mass is 19.1. The zero-order valence-electron chi connectivity index (χ0n) is 11.7. The lowest BCUT2D eigenvalue weighted by Gasteiger charge is -2.36. The second-order valence-corrected chi connectivity index (χ2v) is 5.29. The number of nitrogens with zero attached hydrogens (tertiary/aromatic N) is 2. The third kappa shape index (κ3) is 2.42. The first-order chi connectivity index (χ1) is 10.1. The highest BCUT2D eigenvalue weighted by molar-refractivity contribution is 5.82. The van der Waals surface area contributed by atoms with Crippen LogP contribution in [-0.4, -0.2) is 33.4 Å². The fraction of sp³-hybridized carbons (Fsp3) is 0.333. The Labute approximate surface area is 122 Å². The lowest BCUT2D eigenvalue weighted by Crippen LogP contribution is -2.47. The number of imidazole rings is 1. The molecule has 0 radical (unpaired) electrons. The monoisotopic (exact) mass is 288 g/mol. The van der Waals surface area contributed by atoms with Gasteiger partial charge in [-0.25, -0.2) is 9.37 Å². The summed E-state index contributed by atoms with van der Waals surface area (Å²) in [5, 5.41) is 0. The van der Waals surface area contributed by atoms with Crippen molar-refractivity contribution in [3.05, 3.63) is 53.4 Å². The van der Waals surface area contributed by atoms with Gasteiger partial charge in [-0.05, 0) is 24.6 Å². The topological polar surface area (TPSA) is 75.0 Å². The highest BCUT2D eigenvalue weighted by Crippen LogP contribution is 2.33. The summed E-state index contributed by atoms with van der Waals surface area (Å²) in [4.78, 5) is 21.5. The summed E-state index contributed by atoms with van der Waals surface area (Å²) < 4.78 is 13.6. The molecule has 0 fully saturated rings. The minimum atomic E-state index is -0.596. The van der Waals surface area contributed by atoms with Gasteiger partial charge in [-0.15, -0.1) is 0 Å². The number of H-pyrrole nitrogens is 1. The Morgan fingerprint density at radius 3 is 3.10 bits per heavy atom. The molecule has 1 aliphatic rings. The molecule has 110 valence electrons. The van der Waals surface area contributed by atoms with Crippen LogP contribution in [0.2, 0.25) is 0 Å². The van der Waals surface area contributed by atoms with Gasteiger partial charge in [0.2, 0.25) is 5.91 Å². The standard InChI is InChI=1S/C15H17FN4O/c1-9(17)15(21)20-6-5-12-13(19-8-18-12)14(20)10-3-2-4-11(16)7-10/h2-4,7-9,14H,5-6,17H2,1H3,(H,18,19). The molecule has 5 nitrogen and oxygen atoms in total. The summed E-state index contributed by atoms with van der Waals surface area (Å²) in [6.45, 7) is 2.20. The Morgan fingerprint density at radius 2 is 2.38 bits per heavy atom. The SMILES string of the molecule is CC(N)C(=O)N1CCc2[nH]cnc2C1c1cccc(F)c1. The number of nitrogens with one attached hydrogen (secondary N) is 1. The number of halogens is 1. The zero-order valence-corrected chi connectivity index (χ0v) is 11.7. The number of nitrogens with two attached hydrogens (primary N) is 1. The van der Waals surface area contributed by atoms with Gasteiger partial charge in [-0.2, -0.15) is 0 Å². The second kappa shape index (κ2) is 5.29. The molecule has 0 saturated carbocycles. The second-order valence-electron chi connectivity index (χ2n) is 5.29. The van der Waals surface area contributed by atoms with E-state index in [2.05, 4.69) is 9.97 Å². The van der Waals surface area contributed by atoms with E-state index in [1.807, 2.05) is 0 Å². The number of aromatic nitrogens is 2. The van der Waals surface area contributed by atoms with Crippen LogP contribution in [0.25, 0.3) is 0 Å². The van der Waals surface area contributed by atoms with Crippen LogP contribution < -0.4 is 5.73 Å². The van der Waals surface area contributed by atoms with E-state index in [4.69, 9.17) is 5.73 Å². The Hall–Kier alpha value is -2.21. The zero-order chi connectivity index (χ0) is 15.0. The third-order valence-corrected chi connectivity index (χ3v) is 3.76. The molecule has 0 bridgehead atoms. The molecule has 0 spiro atoms. The minimum Gasteiger partial charge on any atom is -0.348 e. The number of rotatable bonds is 2. The van der Waals surface area contributed by atoms with Gasteiger partial charge in [-0.3, -0.25) is 4.79 Å². The molecule has 2 aromatic rings. The average Bonchev–Trinajstić information content (AvgIpc) is 2.93. The largest absolute Gasteiger partial charge is 0.348 e. The predicted molar refractivity (Wildman–Crippen MR) is 75.9 cm³/mol. The van der Waals surface area contributed by atoms with Crippen LogP contribution >= 0.6 is 0 Å². The Bertz CT molecular complexity index is 667. The molecule has 2 unspecified atom stereocenters. The number of carbonyl (C=O) groups excluding carboxylic acids is 1. The molecule has 6 heteroatoms. The summed E-state index contributed by atoms with van der Waals surface area (Å²) in [5.41, 5.74) is 8.19. The van der Waals surface area contributed by atoms with Crippen molar-refractivity contribution >= 4 is 5.91 Å². The predicted octanol–water partition coefficient (Wildman–Crippen LogP) is 1.37. The molecule has 2 atom stereocenters. The Kier molecular flexibility index (Phi) is 3.47. The molecule has 0 aliphatic carbocycles. The first kappa shape index (κ1) is 13.8. The number of amides is 1. The van der Waals surface area contributed by atoms with Crippen molar-refractivity contribution in [2.24, 2.45) is 5.73 Å². The lowest BCUT2D eigenvalue weighted by molar-refractivity contribution is -0.134. The molecule has 1 aliphatic heterocycles. The fourth-order valence-electron chi connectivity index (χ4n) is 2.79. The van der Waals surface area contributed by atoms with E-state index in [0.717, 1.165) is 11.4 Å². The van der Waals surface area contributed by atoms with Crippen molar-refractivity contribution in [3.8, 4) is 0 Å². The molecule has 3 rings (SSSR count). The maximum Gasteiger partial charge on any atom is 0.240 e. The van der Waals surface area contributed by atoms with Crippen LogP contribution in [0.4, 0.5) is 4.39 Å². The van der Waals surface area contributed by atoms with Gasteiger partial charge >= 0.3 is 0 Å². The van der Waals surface area contributed by atoms with Crippen LogP contribution in [0.3, 0.4) is 0 Å². The minimum absolute atomic E-state index is 0.155. The summed E-state index contributed by atoms with van der Waals surface area (Å²) in [6.07, 6.45) is 2.30. The van der Waals surface area contributed by atoms with E-state index in [-0.39, 0.29) is 11.7 Å². The molecule has 0 saturated heterocycles. The first-order valence-corrected chi connectivity index (χ1v) is 6.91. The Morgan fingerprint density at radius 1 is 1.57 bits per heavy atom. The van der Waals surface area contributed by atoms with Crippen molar-refractivity contribution in [3.63, 3.8) is 0 Å². The van der Waals surface area contributed by atoms with Crippen LogP contribution in [0.15, 0.2) is 30.6 Å². The number of hydrogen-bond acceptors (Lipinski definition) is 3. The number of hydrogen-bond donors (Lipinski definition) is 2. The van der Waals surface area contributed by atoms with Gasteiger partial charge in [0.15, 0.2) is 0 Å². The molecule has 1 amide bonds. The smallest absolute Gasteiger partial charge is 0.240 e. The summed E-state index contributed by atoms with van der Waals surface area (Å²) >= 11 is 0. The van der Waals surface area contributed by atoms with Crippen molar-refractivity contribution in [2.75, 3.05) is 6.54 Å². The maximum atomic E-state index is 13.6. The quantitative estimate of drug-likeness (QED) is 0.876. The number of benzene rings is 1. The van der Waals surface area contributed by atoms with Crippen LogP contribution in [0.1, 0.15) is 29.9 Å². The van der Waals surface area contributed by atoms with Crippen LogP contribution in [0.5, 0.6) is 0 Å². The maximum absolute atomic E-state index is 13.6. The van der Waals surface area contributed by atoms with Gasteiger partial charge in [0.1, 0.15) is 11.9 Å². The molecular weight excluding hydrogens is 271 g/mol. The third-order valence-electron chi connectivity index (χ3n) is 3.76. The first-order valence-electron chi connectivity index (χ1n) is 6.91. The van der Waals surface area contributed by atoms with Crippen molar-refractivity contribution < 1.29 is 9.18 Å². The highest BCUT2D eigenvalue weighted by Gasteiger charge is 2.35. The normalized spacial score (nSPS) is 19.2.